The quantitative estimate of drug-likeness (QED) is 0.338. The van der Waals surface area contributed by atoms with Crippen molar-refractivity contribution in [3.63, 3.8) is 0 Å². The second-order valence-corrected chi connectivity index (χ2v) is 10.4. The van der Waals surface area contributed by atoms with Gasteiger partial charge in [0.1, 0.15) is 5.75 Å². The number of carboxylic acids is 1. The number of allylic oxidation sites excluding steroid dienone is 1. The van der Waals surface area contributed by atoms with Crippen LogP contribution in [-0.2, 0) is 14.3 Å². The van der Waals surface area contributed by atoms with E-state index in [2.05, 4.69) is 20.9 Å². The smallest absolute Gasteiger partial charge is 0.341 e. The number of aliphatic carboxylic acids is 1. The van der Waals surface area contributed by atoms with E-state index < -0.39 is 24.6 Å². The van der Waals surface area contributed by atoms with Gasteiger partial charge >= 0.3 is 11.9 Å². The summed E-state index contributed by atoms with van der Waals surface area (Å²) in [6.45, 7) is 5.43. The predicted molar refractivity (Wildman–Crippen MR) is 152 cm³/mol. The monoisotopic (exact) mass is 630 g/mol. The summed E-state index contributed by atoms with van der Waals surface area (Å²) in [4.78, 5) is 42.8. The third-order valence-electron chi connectivity index (χ3n) is 5.93. The lowest BCUT2D eigenvalue weighted by Crippen LogP contribution is -2.40. The first-order valence-electron chi connectivity index (χ1n) is 12.3. The number of hydrogen-bond acceptors (Lipinski definition) is 9. The third kappa shape index (κ3) is 5.97. The van der Waals surface area contributed by atoms with Crippen molar-refractivity contribution in [2.75, 3.05) is 26.9 Å². The summed E-state index contributed by atoms with van der Waals surface area (Å²) in [6.07, 6.45) is 1.71. The molecule has 1 aliphatic rings. The lowest BCUT2D eigenvalue weighted by Gasteiger charge is -2.26. The highest BCUT2D eigenvalue weighted by Gasteiger charge is 2.35. The van der Waals surface area contributed by atoms with Crippen molar-refractivity contribution in [1.29, 1.82) is 0 Å². The van der Waals surface area contributed by atoms with Crippen molar-refractivity contribution in [3.8, 4) is 17.2 Å². The second kappa shape index (κ2) is 12.5. The molecule has 12 heteroatoms. The van der Waals surface area contributed by atoms with Gasteiger partial charge in [-0.3, -0.25) is 9.36 Å². The molecule has 1 aliphatic heterocycles. The molecule has 0 aliphatic carbocycles. The molecule has 0 saturated heterocycles. The molecule has 2 aromatic carbocycles. The Morgan fingerprint density at radius 2 is 1.85 bits per heavy atom. The van der Waals surface area contributed by atoms with Gasteiger partial charge in [0.05, 0.1) is 42.2 Å². The topological polar surface area (TPSA) is 126 Å². The number of hydrogen-bond donors (Lipinski definition) is 1. The Morgan fingerprint density at radius 1 is 1.12 bits per heavy atom. The number of fused-ring (bicyclic) bond motifs is 1. The molecule has 1 atom stereocenters. The van der Waals surface area contributed by atoms with Gasteiger partial charge in [0.15, 0.2) is 22.9 Å². The number of carboxylic acid groups (broad SMARTS) is 1. The number of halogens is 1. The number of carbonyl (C=O) groups excluding carboxylic acids is 1. The maximum atomic E-state index is 13.9. The normalized spacial score (nSPS) is 14.8. The zero-order valence-electron chi connectivity index (χ0n) is 22.2. The van der Waals surface area contributed by atoms with Crippen LogP contribution in [0.25, 0.3) is 6.08 Å². The van der Waals surface area contributed by atoms with Gasteiger partial charge in [-0.1, -0.05) is 39.4 Å². The average molecular weight is 632 g/mol. The van der Waals surface area contributed by atoms with E-state index in [0.717, 1.165) is 0 Å². The molecule has 2 heterocycles. The number of thiazole rings is 1. The number of nitrogens with zero attached hydrogens (tertiary/aromatic N) is 2. The zero-order valence-corrected chi connectivity index (χ0v) is 24.6. The van der Waals surface area contributed by atoms with E-state index in [1.54, 1.807) is 56.3 Å². The van der Waals surface area contributed by atoms with Crippen LogP contribution in [0.15, 0.2) is 61.9 Å². The highest BCUT2D eigenvalue weighted by Crippen LogP contribution is 2.41. The molecule has 10 nitrogen and oxygen atoms in total. The van der Waals surface area contributed by atoms with Crippen molar-refractivity contribution in [3.05, 3.63) is 83.0 Å². The van der Waals surface area contributed by atoms with Crippen LogP contribution in [0.3, 0.4) is 0 Å². The summed E-state index contributed by atoms with van der Waals surface area (Å²) in [6, 6.07) is 9.33. The van der Waals surface area contributed by atoms with Gasteiger partial charge in [0, 0.05) is 4.47 Å². The summed E-state index contributed by atoms with van der Waals surface area (Å²) in [5.41, 5.74) is 1.65. The summed E-state index contributed by atoms with van der Waals surface area (Å²) >= 11 is 4.80. The van der Waals surface area contributed by atoms with Gasteiger partial charge in [-0.2, -0.15) is 0 Å². The summed E-state index contributed by atoms with van der Waals surface area (Å²) < 4.78 is 24.3. The van der Waals surface area contributed by atoms with Gasteiger partial charge in [-0.05, 0) is 62.2 Å². The Bertz CT molecular complexity index is 1660. The maximum Gasteiger partial charge on any atom is 0.341 e. The second-order valence-electron chi connectivity index (χ2n) is 8.51. The molecule has 4 rings (SSSR count). The SMILES string of the molecule is CCOC(=O)C1=C(C)N=c2s/c(=C/c3ccc(OCC(=O)O)cc3)c(=O)n2[C@@H]1c1cc(OC)c(OCC)cc1Br. The largest absolute Gasteiger partial charge is 0.493 e. The summed E-state index contributed by atoms with van der Waals surface area (Å²) in [5.74, 6) is -0.286. The molecule has 0 spiro atoms. The first kappa shape index (κ1) is 29.1. The number of aromatic nitrogens is 1. The molecule has 0 bridgehead atoms. The van der Waals surface area contributed by atoms with Crippen LogP contribution in [0.2, 0.25) is 0 Å². The van der Waals surface area contributed by atoms with E-state index in [9.17, 15) is 14.4 Å². The Morgan fingerprint density at radius 3 is 2.48 bits per heavy atom. The van der Waals surface area contributed by atoms with E-state index >= 15 is 0 Å². The minimum Gasteiger partial charge on any atom is -0.493 e. The van der Waals surface area contributed by atoms with E-state index in [1.165, 1.54) is 23.0 Å². The van der Waals surface area contributed by atoms with Gasteiger partial charge in [0.25, 0.3) is 5.56 Å². The standard InChI is InChI=1S/C28H27BrN2O8S/c1-5-37-21-13-19(29)18(12-20(21)36-4)25-24(27(35)38-6-2)15(3)30-28-31(25)26(34)22(40-28)11-16-7-9-17(10-8-16)39-14-23(32)33/h7-13,25H,5-6,14H2,1-4H3,(H,32,33)/b22-11+/t25-/m1/s1. The van der Waals surface area contributed by atoms with E-state index in [1.807, 2.05) is 6.92 Å². The number of ether oxygens (including phenoxy) is 4. The number of methoxy groups -OCH3 is 1. The molecule has 0 fully saturated rings. The van der Waals surface area contributed by atoms with Gasteiger partial charge in [-0.15, -0.1) is 0 Å². The summed E-state index contributed by atoms with van der Waals surface area (Å²) in [7, 11) is 1.52. The van der Waals surface area contributed by atoms with Gasteiger partial charge in [-0.25, -0.2) is 14.6 Å². The molecule has 0 radical (unpaired) electrons. The molecule has 0 unspecified atom stereocenters. The average Bonchev–Trinajstić information content (AvgIpc) is 3.22. The number of esters is 1. The van der Waals surface area contributed by atoms with Crippen molar-refractivity contribution < 1.29 is 33.6 Å². The van der Waals surface area contributed by atoms with Crippen molar-refractivity contribution in [2.45, 2.75) is 26.8 Å². The van der Waals surface area contributed by atoms with E-state index in [4.69, 9.17) is 24.1 Å². The van der Waals surface area contributed by atoms with Crippen molar-refractivity contribution in [2.24, 2.45) is 4.99 Å². The highest BCUT2D eigenvalue weighted by molar-refractivity contribution is 9.10. The fraction of sp³-hybridized carbons (Fsp3) is 0.286. The van der Waals surface area contributed by atoms with Gasteiger partial charge < -0.3 is 24.1 Å². The Balaban J connectivity index is 1.88. The Kier molecular flexibility index (Phi) is 9.10. The molecule has 1 N–H and O–H groups in total. The van der Waals surface area contributed by atoms with Crippen LogP contribution in [0.5, 0.6) is 17.2 Å². The molecule has 0 saturated carbocycles. The third-order valence-corrected chi connectivity index (χ3v) is 7.60. The fourth-order valence-corrected chi connectivity index (χ4v) is 5.82. The molecular formula is C28H27BrN2O8S. The molecule has 1 aromatic heterocycles. The van der Waals surface area contributed by atoms with Crippen molar-refractivity contribution in [1.82, 2.24) is 4.57 Å². The summed E-state index contributed by atoms with van der Waals surface area (Å²) in [5, 5.41) is 8.80. The molecule has 3 aromatic rings. The maximum absolute atomic E-state index is 13.9. The lowest BCUT2D eigenvalue weighted by molar-refractivity contribution is -0.140. The molecule has 40 heavy (non-hydrogen) atoms. The van der Waals surface area contributed by atoms with Crippen LogP contribution in [0, 0.1) is 0 Å². The van der Waals surface area contributed by atoms with E-state index in [0.29, 0.717) is 54.5 Å². The fourth-order valence-electron chi connectivity index (χ4n) is 4.23. The van der Waals surface area contributed by atoms with Crippen LogP contribution < -0.4 is 29.1 Å². The van der Waals surface area contributed by atoms with Gasteiger partial charge in [0.2, 0.25) is 0 Å². The van der Waals surface area contributed by atoms with Crippen molar-refractivity contribution >= 4 is 45.3 Å². The van der Waals surface area contributed by atoms with Crippen LogP contribution >= 0.6 is 27.3 Å². The number of rotatable bonds is 10. The highest BCUT2D eigenvalue weighted by atomic mass is 79.9. The zero-order chi connectivity index (χ0) is 29.0. The van der Waals surface area contributed by atoms with Crippen LogP contribution in [0.1, 0.15) is 37.9 Å². The van der Waals surface area contributed by atoms with E-state index in [-0.39, 0.29) is 17.7 Å². The number of benzene rings is 2. The minimum absolute atomic E-state index is 0.159. The van der Waals surface area contributed by atoms with Crippen LogP contribution in [0.4, 0.5) is 0 Å². The number of carbonyl (C=O) groups is 2. The predicted octanol–water partition coefficient (Wildman–Crippen LogP) is 3.43. The minimum atomic E-state index is -1.07. The Labute approximate surface area is 241 Å². The molecule has 0 amide bonds. The first-order chi connectivity index (χ1) is 19.2. The molecular weight excluding hydrogens is 604 g/mol. The van der Waals surface area contributed by atoms with Crippen LogP contribution in [-0.4, -0.2) is 48.5 Å². The Hall–Kier alpha value is -3.90. The first-order valence-corrected chi connectivity index (χ1v) is 13.9. The molecule has 210 valence electrons. The lowest BCUT2D eigenvalue weighted by atomic mass is 9.95.